The highest BCUT2D eigenvalue weighted by Crippen LogP contribution is 2.13. The average Bonchev–Trinajstić information content (AvgIpc) is 3.13. The van der Waals surface area contributed by atoms with E-state index in [0.29, 0.717) is 18.8 Å². The number of amides is 1. The summed E-state index contributed by atoms with van der Waals surface area (Å²) in [5.74, 6) is 0.00906. The van der Waals surface area contributed by atoms with Crippen LogP contribution in [-0.2, 0) is 6.42 Å². The number of carbonyl (C=O) groups is 1. The van der Waals surface area contributed by atoms with Crippen molar-refractivity contribution >= 4 is 5.91 Å². The van der Waals surface area contributed by atoms with E-state index in [-0.39, 0.29) is 5.91 Å². The predicted molar refractivity (Wildman–Crippen MR) is 95.3 cm³/mol. The van der Waals surface area contributed by atoms with Gasteiger partial charge in [0.25, 0.3) is 5.91 Å². The summed E-state index contributed by atoms with van der Waals surface area (Å²) >= 11 is 0. The highest BCUT2D eigenvalue weighted by atomic mass is 16.2. The van der Waals surface area contributed by atoms with E-state index < -0.39 is 0 Å². The van der Waals surface area contributed by atoms with Gasteiger partial charge in [0.15, 0.2) is 0 Å². The first kappa shape index (κ1) is 16.0. The average molecular weight is 319 g/mol. The quantitative estimate of drug-likeness (QED) is 0.696. The van der Waals surface area contributed by atoms with Crippen molar-refractivity contribution in [3.05, 3.63) is 84.4 Å². The molecule has 3 aromatic rings. The molecule has 1 amide bonds. The van der Waals surface area contributed by atoms with Gasteiger partial charge in [0, 0.05) is 18.8 Å². The van der Waals surface area contributed by atoms with Crippen molar-refractivity contribution in [2.45, 2.75) is 13.3 Å². The molecule has 2 aromatic carbocycles. The van der Waals surface area contributed by atoms with E-state index >= 15 is 0 Å². The van der Waals surface area contributed by atoms with Gasteiger partial charge in [-0.15, -0.1) is 0 Å². The van der Waals surface area contributed by atoms with Crippen LogP contribution >= 0.6 is 0 Å². The molecule has 0 bridgehead atoms. The minimum Gasteiger partial charge on any atom is -0.337 e. The van der Waals surface area contributed by atoms with Gasteiger partial charge in [-0.1, -0.05) is 48.5 Å². The van der Waals surface area contributed by atoms with Gasteiger partial charge in [0.05, 0.1) is 12.5 Å². The summed E-state index contributed by atoms with van der Waals surface area (Å²) in [6, 6.07) is 20.0. The molecule has 0 saturated heterocycles. The van der Waals surface area contributed by atoms with Crippen LogP contribution in [0.1, 0.15) is 23.0 Å². The van der Waals surface area contributed by atoms with Crippen LogP contribution < -0.4 is 0 Å². The highest BCUT2D eigenvalue weighted by molar-refractivity contribution is 5.93. The van der Waals surface area contributed by atoms with E-state index in [9.17, 15) is 4.79 Å². The molecule has 122 valence electrons. The van der Waals surface area contributed by atoms with Crippen LogP contribution in [-0.4, -0.2) is 33.4 Å². The lowest BCUT2D eigenvalue weighted by atomic mass is 10.1. The number of imidazole rings is 1. The topological polar surface area (TPSA) is 38.1 Å². The van der Waals surface area contributed by atoms with Crippen LogP contribution in [0.3, 0.4) is 0 Å². The summed E-state index contributed by atoms with van der Waals surface area (Å²) in [5.41, 5.74) is 2.77. The third-order valence-corrected chi connectivity index (χ3v) is 4.07. The minimum atomic E-state index is 0.00906. The van der Waals surface area contributed by atoms with Gasteiger partial charge in [-0.25, -0.2) is 4.98 Å². The summed E-state index contributed by atoms with van der Waals surface area (Å²) in [5, 5.41) is 0. The van der Waals surface area contributed by atoms with E-state index in [0.717, 1.165) is 12.1 Å². The molecule has 4 heteroatoms. The maximum Gasteiger partial charge on any atom is 0.272 e. The molecule has 4 nitrogen and oxygen atoms in total. The van der Waals surface area contributed by atoms with Gasteiger partial charge in [0.1, 0.15) is 5.69 Å². The molecule has 1 aromatic heterocycles. The van der Waals surface area contributed by atoms with Gasteiger partial charge in [0.2, 0.25) is 0 Å². The number of benzene rings is 2. The maximum atomic E-state index is 12.9. The molecular weight excluding hydrogens is 298 g/mol. The molecule has 0 aliphatic heterocycles. The molecule has 3 rings (SSSR count). The number of likely N-dealkylation sites (N-methyl/N-ethyl adjacent to an activating group) is 1. The van der Waals surface area contributed by atoms with Crippen molar-refractivity contribution in [3.8, 4) is 5.69 Å². The number of para-hydroxylation sites is 1. The molecule has 0 unspecified atom stereocenters. The van der Waals surface area contributed by atoms with E-state index in [1.807, 2.05) is 64.9 Å². The Morgan fingerprint density at radius 1 is 1.04 bits per heavy atom. The fraction of sp³-hybridized carbons (Fsp3) is 0.200. The molecule has 0 saturated carbocycles. The summed E-state index contributed by atoms with van der Waals surface area (Å²) in [6.07, 6.45) is 4.17. The van der Waals surface area contributed by atoms with Crippen molar-refractivity contribution in [2.24, 2.45) is 0 Å². The Labute approximate surface area is 142 Å². The zero-order valence-electron chi connectivity index (χ0n) is 13.8. The SMILES string of the molecule is CCN(CCc1ccccc1)C(=O)c1cncn1-c1ccccc1. The van der Waals surface area contributed by atoms with Crippen LogP contribution in [0.4, 0.5) is 0 Å². The molecule has 0 spiro atoms. The predicted octanol–water partition coefficient (Wildman–Crippen LogP) is 3.58. The third kappa shape index (κ3) is 3.54. The molecular formula is C20H21N3O. The normalized spacial score (nSPS) is 10.5. The molecule has 24 heavy (non-hydrogen) atoms. The van der Waals surface area contributed by atoms with Crippen LogP contribution in [0.5, 0.6) is 0 Å². The summed E-state index contributed by atoms with van der Waals surface area (Å²) in [7, 11) is 0. The van der Waals surface area contributed by atoms with Crippen molar-refractivity contribution in [3.63, 3.8) is 0 Å². The van der Waals surface area contributed by atoms with E-state index in [1.54, 1.807) is 12.5 Å². The first-order valence-electron chi connectivity index (χ1n) is 8.20. The number of hydrogen-bond acceptors (Lipinski definition) is 2. The van der Waals surface area contributed by atoms with E-state index in [2.05, 4.69) is 17.1 Å². The Hall–Kier alpha value is -2.88. The van der Waals surface area contributed by atoms with Crippen molar-refractivity contribution in [1.29, 1.82) is 0 Å². The zero-order chi connectivity index (χ0) is 16.8. The van der Waals surface area contributed by atoms with E-state index in [4.69, 9.17) is 0 Å². The smallest absolute Gasteiger partial charge is 0.272 e. The Morgan fingerprint density at radius 2 is 1.71 bits per heavy atom. The fourth-order valence-electron chi connectivity index (χ4n) is 2.72. The second-order valence-corrected chi connectivity index (χ2v) is 5.60. The number of hydrogen-bond donors (Lipinski definition) is 0. The molecule has 0 aliphatic carbocycles. The lowest BCUT2D eigenvalue weighted by Gasteiger charge is -2.21. The molecule has 0 atom stereocenters. The lowest BCUT2D eigenvalue weighted by molar-refractivity contribution is 0.0758. The van der Waals surface area contributed by atoms with Gasteiger partial charge < -0.3 is 4.90 Å². The third-order valence-electron chi connectivity index (χ3n) is 4.07. The second-order valence-electron chi connectivity index (χ2n) is 5.60. The Kier molecular flexibility index (Phi) is 5.06. The Balaban J connectivity index is 1.76. The number of nitrogens with zero attached hydrogens (tertiary/aromatic N) is 3. The number of aromatic nitrogens is 2. The van der Waals surface area contributed by atoms with Gasteiger partial charge in [-0.2, -0.15) is 0 Å². The first-order valence-corrected chi connectivity index (χ1v) is 8.20. The van der Waals surface area contributed by atoms with Gasteiger partial charge in [-0.3, -0.25) is 9.36 Å². The van der Waals surface area contributed by atoms with Crippen LogP contribution in [0, 0.1) is 0 Å². The van der Waals surface area contributed by atoms with Crippen molar-refractivity contribution in [1.82, 2.24) is 14.5 Å². The summed E-state index contributed by atoms with van der Waals surface area (Å²) in [6.45, 7) is 3.37. The highest BCUT2D eigenvalue weighted by Gasteiger charge is 2.18. The van der Waals surface area contributed by atoms with Crippen molar-refractivity contribution < 1.29 is 4.79 Å². The maximum absolute atomic E-state index is 12.9. The van der Waals surface area contributed by atoms with Gasteiger partial charge in [-0.05, 0) is 31.0 Å². The lowest BCUT2D eigenvalue weighted by Crippen LogP contribution is -2.34. The van der Waals surface area contributed by atoms with Crippen LogP contribution in [0.15, 0.2) is 73.2 Å². The Morgan fingerprint density at radius 3 is 2.38 bits per heavy atom. The largest absolute Gasteiger partial charge is 0.337 e. The zero-order valence-corrected chi connectivity index (χ0v) is 13.8. The molecule has 0 radical (unpaired) electrons. The minimum absolute atomic E-state index is 0.00906. The van der Waals surface area contributed by atoms with Crippen LogP contribution in [0.25, 0.3) is 5.69 Å². The summed E-state index contributed by atoms with van der Waals surface area (Å²) in [4.78, 5) is 19.0. The fourth-order valence-corrected chi connectivity index (χ4v) is 2.72. The molecule has 1 heterocycles. The molecule has 0 aliphatic rings. The number of rotatable bonds is 6. The molecule has 0 N–H and O–H groups in total. The monoisotopic (exact) mass is 319 g/mol. The standard InChI is InChI=1S/C20H21N3O/c1-2-22(14-13-17-9-5-3-6-10-17)20(24)19-15-21-16-23(19)18-11-7-4-8-12-18/h3-12,15-16H,2,13-14H2,1H3. The first-order chi connectivity index (χ1) is 11.8. The number of carbonyl (C=O) groups excluding carboxylic acids is 1. The summed E-state index contributed by atoms with van der Waals surface area (Å²) < 4.78 is 1.84. The van der Waals surface area contributed by atoms with Crippen LogP contribution in [0.2, 0.25) is 0 Å². The second kappa shape index (κ2) is 7.59. The van der Waals surface area contributed by atoms with Gasteiger partial charge >= 0.3 is 0 Å². The van der Waals surface area contributed by atoms with E-state index in [1.165, 1.54) is 5.56 Å². The Bertz CT molecular complexity index is 781. The van der Waals surface area contributed by atoms with Crippen molar-refractivity contribution in [2.75, 3.05) is 13.1 Å². The molecule has 0 fully saturated rings.